The highest BCUT2D eigenvalue weighted by Gasteiger charge is 2.10. The molecule has 4 nitrogen and oxygen atoms in total. The lowest BCUT2D eigenvalue weighted by Crippen LogP contribution is -2.24. The van der Waals surface area contributed by atoms with Crippen LogP contribution in [0.5, 0.6) is 0 Å². The summed E-state index contributed by atoms with van der Waals surface area (Å²) in [6.07, 6.45) is 0. The van der Waals surface area contributed by atoms with E-state index in [1.165, 1.54) is 0 Å². The van der Waals surface area contributed by atoms with Crippen molar-refractivity contribution in [2.75, 3.05) is 19.8 Å². The van der Waals surface area contributed by atoms with Crippen molar-refractivity contribution in [3.05, 3.63) is 29.3 Å². The van der Waals surface area contributed by atoms with E-state index in [-0.39, 0.29) is 5.91 Å². The van der Waals surface area contributed by atoms with Crippen LogP contribution in [0.1, 0.15) is 29.8 Å². The second-order valence-electron chi connectivity index (χ2n) is 4.65. The van der Waals surface area contributed by atoms with Gasteiger partial charge in [0.2, 0.25) is 0 Å². The second-order valence-corrected chi connectivity index (χ2v) is 4.65. The van der Waals surface area contributed by atoms with E-state index < -0.39 is 0 Å². The van der Waals surface area contributed by atoms with Crippen LogP contribution in [0.2, 0.25) is 0 Å². The maximum absolute atomic E-state index is 11.8. The minimum Gasteiger partial charge on any atom is -0.398 e. The molecule has 0 bridgehead atoms. The third-order valence-electron chi connectivity index (χ3n) is 2.50. The molecule has 0 aliphatic rings. The van der Waals surface area contributed by atoms with Gasteiger partial charge in [0.05, 0.1) is 0 Å². The highest BCUT2D eigenvalue weighted by molar-refractivity contribution is 5.94. The fourth-order valence-electron chi connectivity index (χ4n) is 1.46. The number of nitrogen functional groups attached to an aromatic ring is 1. The summed E-state index contributed by atoms with van der Waals surface area (Å²) in [5, 5.41) is 3.29. The molecular weight excluding hydrogens is 214 g/mol. The molecule has 0 saturated carbocycles. The van der Waals surface area contributed by atoms with Crippen LogP contribution in [-0.4, -0.2) is 30.9 Å². The highest BCUT2D eigenvalue weighted by atomic mass is 16.2. The van der Waals surface area contributed by atoms with Crippen molar-refractivity contribution in [1.82, 2.24) is 10.2 Å². The van der Waals surface area contributed by atoms with Gasteiger partial charge in [-0.15, -0.1) is 0 Å². The lowest BCUT2D eigenvalue weighted by Gasteiger charge is -2.14. The third-order valence-corrected chi connectivity index (χ3v) is 2.50. The largest absolute Gasteiger partial charge is 0.398 e. The molecule has 17 heavy (non-hydrogen) atoms. The van der Waals surface area contributed by atoms with Crippen LogP contribution in [0.3, 0.4) is 0 Å². The second kappa shape index (κ2) is 5.68. The predicted octanol–water partition coefficient (Wildman–Crippen LogP) is 1.47. The number of anilines is 1. The zero-order valence-corrected chi connectivity index (χ0v) is 10.9. The number of nitrogens with two attached hydrogens (primary N) is 1. The summed E-state index contributed by atoms with van der Waals surface area (Å²) in [6.45, 7) is 4.83. The molecule has 0 spiro atoms. The molecule has 1 rings (SSSR count). The van der Waals surface area contributed by atoms with Crippen molar-refractivity contribution >= 4 is 11.6 Å². The first kappa shape index (κ1) is 13.5. The minimum absolute atomic E-state index is 0.00389. The van der Waals surface area contributed by atoms with Crippen LogP contribution in [-0.2, 0) is 6.54 Å². The molecule has 0 unspecified atom stereocenters. The topological polar surface area (TPSA) is 58.4 Å². The van der Waals surface area contributed by atoms with Crippen LogP contribution in [0.15, 0.2) is 18.2 Å². The van der Waals surface area contributed by atoms with Crippen molar-refractivity contribution in [3.63, 3.8) is 0 Å². The van der Waals surface area contributed by atoms with Gasteiger partial charge in [-0.05, 0) is 23.8 Å². The molecule has 1 aromatic rings. The van der Waals surface area contributed by atoms with E-state index in [2.05, 4.69) is 19.2 Å². The molecule has 0 atom stereocenters. The quantitative estimate of drug-likeness (QED) is 0.777. The number of rotatable bonds is 4. The minimum atomic E-state index is -0.00389. The van der Waals surface area contributed by atoms with Crippen LogP contribution < -0.4 is 11.1 Å². The van der Waals surface area contributed by atoms with Crippen molar-refractivity contribution in [1.29, 1.82) is 0 Å². The lowest BCUT2D eigenvalue weighted by molar-refractivity contribution is 0.0827. The molecule has 1 amide bonds. The first-order chi connectivity index (χ1) is 7.91. The number of nitrogens with one attached hydrogen (secondary N) is 1. The fourth-order valence-corrected chi connectivity index (χ4v) is 1.46. The molecule has 0 radical (unpaired) electrons. The Morgan fingerprint density at radius 3 is 2.59 bits per heavy atom. The summed E-state index contributed by atoms with van der Waals surface area (Å²) >= 11 is 0. The fraction of sp³-hybridized carbons (Fsp3) is 0.462. The van der Waals surface area contributed by atoms with Gasteiger partial charge in [-0.2, -0.15) is 0 Å². The van der Waals surface area contributed by atoms with E-state index in [9.17, 15) is 4.79 Å². The van der Waals surface area contributed by atoms with Gasteiger partial charge in [0.1, 0.15) is 0 Å². The first-order valence-electron chi connectivity index (χ1n) is 5.75. The van der Waals surface area contributed by atoms with Crippen molar-refractivity contribution in [2.24, 2.45) is 0 Å². The van der Waals surface area contributed by atoms with Gasteiger partial charge < -0.3 is 16.0 Å². The number of benzene rings is 1. The molecular formula is C13H21N3O. The standard InChI is InChI=1S/C13H21N3O/c1-9(2)15-8-11-7-10(5-6-12(11)14)13(17)16(3)4/h5-7,9,15H,8,14H2,1-4H3. The summed E-state index contributed by atoms with van der Waals surface area (Å²) in [5.74, 6) is -0.00389. The molecule has 0 saturated heterocycles. The van der Waals surface area contributed by atoms with E-state index in [0.29, 0.717) is 23.8 Å². The number of hydrogen-bond acceptors (Lipinski definition) is 3. The van der Waals surface area contributed by atoms with Gasteiger partial charge in [-0.3, -0.25) is 4.79 Å². The normalized spacial score (nSPS) is 10.6. The predicted molar refractivity (Wildman–Crippen MR) is 70.8 cm³/mol. The Bertz CT molecular complexity index is 400. The third kappa shape index (κ3) is 3.75. The van der Waals surface area contributed by atoms with Crippen molar-refractivity contribution in [2.45, 2.75) is 26.4 Å². The average Bonchev–Trinajstić information content (AvgIpc) is 2.26. The molecule has 0 aliphatic heterocycles. The van der Waals surface area contributed by atoms with Crippen LogP contribution in [0, 0.1) is 0 Å². The van der Waals surface area contributed by atoms with Crippen molar-refractivity contribution < 1.29 is 4.79 Å². The Morgan fingerprint density at radius 1 is 1.41 bits per heavy atom. The van der Waals surface area contributed by atoms with Gasteiger partial charge in [-0.25, -0.2) is 0 Å². The van der Waals surface area contributed by atoms with E-state index in [4.69, 9.17) is 5.73 Å². The maximum atomic E-state index is 11.8. The molecule has 1 aromatic carbocycles. The SMILES string of the molecule is CC(C)NCc1cc(C(=O)N(C)C)ccc1N. The van der Waals surface area contributed by atoms with E-state index in [1.54, 1.807) is 31.1 Å². The zero-order chi connectivity index (χ0) is 13.0. The highest BCUT2D eigenvalue weighted by Crippen LogP contribution is 2.15. The number of hydrogen-bond donors (Lipinski definition) is 2. The Balaban J connectivity index is 2.90. The monoisotopic (exact) mass is 235 g/mol. The molecule has 94 valence electrons. The smallest absolute Gasteiger partial charge is 0.253 e. The molecule has 3 N–H and O–H groups in total. The van der Waals surface area contributed by atoms with Crippen LogP contribution >= 0.6 is 0 Å². The Morgan fingerprint density at radius 2 is 2.06 bits per heavy atom. The summed E-state index contributed by atoms with van der Waals surface area (Å²) in [7, 11) is 3.48. The van der Waals surface area contributed by atoms with Crippen molar-refractivity contribution in [3.8, 4) is 0 Å². The number of carbonyl (C=O) groups excluding carboxylic acids is 1. The Hall–Kier alpha value is -1.55. The van der Waals surface area contributed by atoms with E-state index in [0.717, 1.165) is 5.56 Å². The van der Waals surface area contributed by atoms with Gasteiger partial charge in [-0.1, -0.05) is 13.8 Å². The molecule has 4 heteroatoms. The summed E-state index contributed by atoms with van der Waals surface area (Å²) in [6, 6.07) is 5.79. The van der Waals surface area contributed by atoms with Gasteiger partial charge >= 0.3 is 0 Å². The molecule has 0 aliphatic carbocycles. The van der Waals surface area contributed by atoms with E-state index in [1.807, 2.05) is 6.07 Å². The first-order valence-corrected chi connectivity index (χ1v) is 5.75. The van der Waals surface area contributed by atoms with Gasteiger partial charge in [0.15, 0.2) is 0 Å². The average molecular weight is 235 g/mol. The van der Waals surface area contributed by atoms with Crippen LogP contribution in [0.25, 0.3) is 0 Å². The zero-order valence-electron chi connectivity index (χ0n) is 10.9. The Kier molecular flexibility index (Phi) is 4.52. The summed E-state index contributed by atoms with van der Waals surface area (Å²) in [5.41, 5.74) is 8.24. The van der Waals surface area contributed by atoms with Gasteiger partial charge in [0, 0.05) is 37.9 Å². The lowest BCUT2D eigenvalue weighted by atomic mass is 10.1. The molecule has 0 fully saturated rings. The summed E-state index contributed by atoms with van der Waals surface area (Å²) < 4.78 is 0. The number of amides is 1. The van der Waals surface area contributed by atoms with Gasteiger partial charge in [0.25, 0.3) is 5.91 Å². The van der Waals surface area contributed by atoms with Crippen LogP contribution in [0.4, 0.5) is 5.69 Å². The molecule has 0 heterocycles. The maximum Gasteiger partial charge on any atom is 0.253 e. The molecule has 0 aromatic heterocycles. The van der Waals surface area contributed by atoms with E-state index >= 15 is 0 Å². The number of carbonyl (C=O) groups is 1. The number of nitrogens with zero attached hydrogens (tertiary/aromatic N) is 1. The Labute approximate surface area is 103 Å². The summed E-state index contributed by atoms with van der Waals surface area (Å²) in [4.78, 5) is 13.4.